The minimum absolute atomic E-state index is 0.0843. The average molecular weight is 328 g/mol. The Hall–Kier alpha value is -1.57. The molecule has 6 heteroatoms. The van der Waals surface area contributed by atoms with Gasteiger partial charge in [-0.25, -0.2) is 4.98 Å². The molecule has 5 nitrogen and oxygen atoms in total. The van der Waals surface area contributed by atoms with E-state index >= 15 is 0 Å². The number of nitrogens with two attached hydrogens (primary N) is 1. The lowest BCUT2D eigenvalue weighted by molar-refractivity contribution is 1.13. The Morgan fingerprint density at radius 1 is 1.31 bits per heavy atom. The van der Waals surface area contributed by atoms with Crippen molar-refractivity contribution in [3.63, 3.8) is 0 Å². The lowest BCUT2D eigenvalue weighted by Gasteiger charge is -2.06. The molecule has 0 unspecified atom stereocenters. The van der Waals surface area contributed by atoms with Gasteiger partial charge in [0.1, 0.15) is 5.69 Å². The van der Waals surface area contributed by atoms with Crippen molar-refractivity contribution in [3.8, 4) is 0 Å². The van der Waals surface area contributed by atoms with Crippen LogP contribution in [0.25, 0.3) is 0 Å². The molecule has 16 heavy (non-hydrogen) atoms. The van der Waals surface area contributed by atoms with Crippen LogP contribution < -0.4 is 16.6 Å². The zero-order chi connectivity index (χ0) is 11.5. The summed E-state index contributed by atoms with van der Waals surface area (Å²) < 4.78 is 1.13. The second-order valence-corrected chi connectivity index (χ2v) is 4.37. The van der Waals surface area contributed by atoms with Gasteiger partial charge in [0.2, 0.25) is 0 Å². The molecule has 0 aliphatic rings. The zero-order valence-electron chi connectivity index (χ0n) is 8.20. The number of aromatic amines is 1. The molecular formula is C10H9IN4O. The summed E-state index contributed by atoms with van der Waals surface area (Å²) in [6.45, 7) is 0. The molecule has 0 bridgehead atoms. The molecular weight excluding hydrogens is 319 g/mol. The van der Waals surface area contributed by atoms with Crippen LogP contribution in [0.1, 0.15) is 0 Å². The number of halogens is 1. The predicted octanol–water partition coefficient (Wildman–Crippen LogP) is 1.70. The lowest BCUT2D eigenvalue weighted by atomic mass is 10.3. The van der Waals surface area contributed by atoms with Gasteiger partial charge < -0.3 is 16.0 Å². The summed E-state index contributed by atoms with van der Waals surface area (Å²) in [6.07, 6.45) is 1.31. The number of anilines is 3. The fourth-order valence-electron chi connectivity index (χ4n) is 1.18. The first-order valence-electron chi connectivity index (χ1n) is 4.52. The molecule has 82 valence electrons. The summed E-state index contributed by atoms with van der Waals surface area (Å²) in [7, 11) is 0. The van der Waals surface area contributed by atoms with Crippen molar-refractivity contribution in [3.05, 3.63) is 44.5 Å². The van der Waals surface area contributed by atoms with E-state index in [0.29, 0.717) is 5.82 Å². The summed E-state index contributed by atoms with van der Waals surface area (Å²) >= 11 is 2.22. The fourth-order valence-corrected chi connectivity index (χ4v) is 1.54. The van der Waals surface area contributed by atoms with Gasteiger partial charge >= 0.3 is 0 Å². The minimum Gasteiger partial charge on any atom is -0.391 e. The Balaban J connectivity index is 2.30. The average Bonchev–Trinajstić information content (AvgIpc) is 2.28. The molecule has 0 saturated carbocycles. The maximum atomic E-state index is 11.2. The van der Waals surface area contributed by atoms with Crippen molar-refractivity contribution in [2.45, 2.75) is 0 Å². The number of benzene rings is 1. The van der Waals surface area contributed by atoms with E-state index in [0.717, 1.165) is 9.26 Å². The summed E-state index contributed by atoms with van der Waals surface area (Å²) in [4.78, 5) is 17.6. The van der Waals surface area contributed by atoms with Crippen LogP contribution in [0.15, 0.2) is 35.4 Å². The molecule has 1 aromatic carbocycles. The van der Waals surface area contributed by atoms with Crippen LogP contribution in [0.3, 0.4) is 0 Å². The van der Waals surface area contributed by atoms with E-state index in [4.69, 9.17) is 5.73 Å². The molecule has 2 aromatic rings. The van der Waals surface area contributed by atoms with Crippen LogP contribution in [0, 0.1) is 3.57 Å². The van der Waals surface area contributed by atoms with E-state index in [1.165, 1.54) is 6.33 Å². The van der Waals surface area contributed by atoms with E-state index in [1.54, 1.807) is 0 Å². The first-order valence-corrected chi connectivity index (χ1v) is 5.60. The number of nitrogens with zero attached hydrogens (tertiary/aromatic N) is 1. The number of aromatic nitrogens is 2. The van der Waals surface area contributed by atoms with Crippen LogP contribution in [0.4, 0.5) is 17.2 Å². The van der Waals surface area contributed by atoms with Gasteiger partial charge in [-0.1, -0.05) is 0 Å². The van der Waals surface area contributed by atoms with E-state index in [1.807, 2.05) is 24.3 Å². The summed E-state index contributed by atoms with van der Waals surface area (Å²) in [6, 6.07) is 7.69. The Kier molecular flexibility index (Phi) is 3.09. The molecule has 0 saturated heterocycles. The number of nitrogens with one attached hydrogen (secondary N) is 2. The highest BCUT2D eigenvalue weighted by atomic mass is 127. The first kappa shape index (κ1) is 10.9. The molecule has 0 aliphatic carbocycles. The third-order valence-corrected chi connectivity index (χ3v) is 2.72. The van der Waals surface area contributed by atoms with Crippen LogP contribution in [0.2, 0.25) is 0 Å². The number of rotatable bonds is 2. The topological polar surface area (TPSA) is 83.8 Å². The van der Waals surface area contributed by atoms with Gasteiger partial charge in [0.25, 0.3) is 5.56 Å². The van der Waals surface area contributed by atoms with Gasteiger partial charge in [-0.3, -0.25) is 4.79 Å². The highest BCUT2D eigenvalue weighted by Crippen LogP contribution is 2.17. The molecule has 4 N–H and O–H groups in total. The third-order valence-electron chi connectivity index (χ3n) is 2.00. The molecule has 2 rings (SSSR count). The molecule has 1 heterocycles. The smallest absolute Gasteiger partial charge is 0.276 e. The lowest BCUT2D eigenvalue weighted by Crippen LogP contribution is -2.14. The van der Waals surface area contributed by atoms with Crippen LogP contribution in [-0.2, 0) is 0 Å². The van der Waals surface area contributed by atoms with Crippen molar-refractivity contribution in [1.82, 2.24) is 9.97 Å². The second kappa shape index (κ2) is 4.52. The third kappa shape index (κ3) is 2.32. The SMILES string of the molecule is Nc1c(Nc2ccc(I)cc2)nc[nH]c1=O. The highest BCUT2D eigenvalue weighted by Gasteiger charge is 2.03. The molecule has 0 aliphatic heterocycles. The standard InChI is InChI=1S/C10H9IN4O/c11-6-1-3-7(4-2-6)15-9-8(12)10(16)14-5-13-9/h1-5H,12H2,(H2,13,14,15,16). The quantitative estimate of drug-likeness (QED) is 0.733. The maximum absolute atomic E-state index is 11.2. The molecule has 0 atom stereocenters. The van der Waals surface area contributed by atoms with E-state index in [-0.39, 0.29) is 11.2 Å². The van der Waals surface area contributed by atoms with E-state index < -0.39 is 0 Å². The second-order valence-electron chi connectivity index (χ2n) is 3.13. The van der Waals surface area contributed by atoms with Crippen molar-refractivity contribution in [2.75, 3.05) is 11.1 Å². The van der Waals surface area contributed by atoms with Crippen LogP contribution in [-0.4, -0.2) is 9.97 Å². The summed E-state index contributed by atoms with van der Waals surface area (Å²) in [5, 5.41) is 2.98. The van der Waals surface area contributed by atoms with Gasteiger partial charge in [0, 0.05) is 9.26 Å². The number of nitrogen functional groups attached to an aromatic ring is 1. The van der Waals surface area contributed by atoms with Crippen molar-refractivity contribution < 1.29 is 0 Å². The van der Waals surface area contributed by atoms with Gasteiger partial charge in [-0.2, -0.15) is 0 Å². The fraction of sp³-hybridized carbons (Fsp3) is 0. The minimum atomic E-state index is -0.344. The molecule has 0 amide bonds. The Labute approximate surface area is 105 Å². The number of hydrogen-bond acceptors (Lipinski definition) is 4. The normalized spacial score (nSPS) is 10.1. The van der Waals surface area contributed by atoms with Gasteiger partial charge in [-0.05, 0) is 46.9 Å². The highest BCUT2D eigenvalue weighted by molar-refractivity contribution is 14.1. The Morgan fingerprint density at radius 2 is 2.00 bits per heavy atom. The van der Waals surface area contributed by atoms with Crippen LogP contribution in [0.5, 0.6) is 0 Å². The zero-order valence-corrected chi connectivity index (χ0v) is 10.4. The Morgan fingerprint density at radius 3 is 2.69 bits per heavy atom. The van der Waals surface area contributed by atoms with E-state index in [9.17, 15) is 4.79 Å². The molecule has 0 spiro atoms. The van der Waals surface area contributed by atoms with Crippen molar-refractivity contribution >= 4 is 39.8 Å². The largest absolute Gasteiger partial charge is 0.391 e. The molecule has 0 radical (unpaired) electrons. The van der Waals surface area contributed by atoms with Gasteiger partial charge in [-0.15, -0.1) is 0 Å². The first-order chi connectivity index (χ1) is 7.66. The molecule has 1 aromatic heterocycles. The number of H-pyrrole nitrogens is 1. The predicted molar refractivity (Wildman–Crippen MR) is 71.7 cm³/mol. The van der Waals surface area contributed by atoms with Gasteiger partial charge in [0.15, 0.2) is 5.82 Å². The summed E-state index contributed by atoms with van der Waals surface area (Å²) in [5.41, 5.74) is 6.17. The van der Waals surface area contributed by atoms with Crippen molar-refractivity contribution in [1.29, 1.82) is 0 Å². The number of hydrogen-bond donors (Lipinski definition) is 3. The van der Waals surface area contributed by atoms with Gasteiger partial charge in [0.05, 0.1) is 6.33 Å². The maximum Gasteiger partial charge on any atom is 0.276 e. The van der Waals surface area contributed by atoms with Crippen molar-refractivity contribution in [2.24, 2.45) is 0 Å². The van der Waals surface area contributed by atoms with E-state index in [2.05, 4.69) is 37.9 Å². The Bertz CT molecular complexity index is 549. The van der Waals surface area contributed by atoms with Crippen LogP contribution >= 0.6 is 22.6 Å². The molecule has 0 fully saturated rings. The monoisotopic (exact) mass is 328 g/mol. The summed E-state index contributed by atoms with van der Waals surface area (Å²) in [5.74, 6) is 0.366.